The van der Waals surface area contributed by atoms with Crippen molar-refractivity contribution in [2.24, 2.45) is 0 Å². The molecule has 0 spiro atoms. The number of carbonyl (C=O) groups is 1. The molecule has 0 atom stereocenters. The molecule has 2 aromatic carbocycles. The van der Waals surface area contributed by atoms with Crippen molar-refractivity contribution >= 4 is 16.9 Å². The number of aryl methyl sites for hydroxylation is 1. The van der Waals surface area contributed by atoms with Crippen molar-refractivity contribution in [3.8, 4) is 11.5 Å². The van der Waals surface area contributed by atoms with Gasteiger partial charge in [0, 0.05) is 17.0 Å². The second-order valence-corrected chi connectivity index (χ2v) is 5.93. The molecule has 25 heavy (non-hydrogen) atoms. The molecule has 126 valence electrons. The lowest BCUT2D eigenvalue weighted by Gasteiger charge is -2.08. The van der Waals surface area contributed by atoms with Gasteiger partial charge in [0.1, 0.15) is 17.1 Å². The monoisotopic (exact) mass is 336 g/mol. The summed E-state index contributed by atoms with van der Waals surface area (Å²) in [5.74, 6) is 0.404. The maximum atomic E-state index is 12.0. The minimum atomic E-state index is -0.522. The standard InChI is InChI=1S/C20H16O5/c21-19(12-23-13-5-2-1-3-6-13)24-14-9-10-16-15-7-4-8-17(15)20(22)25-18(16)11-14/h1-3,5-6,9-11H,4,7-8,12H2. The molecule has 0 fully saturated rings. The van der Waals surface area contributed by atoms with E-state index in [1.807, 2.05) is 24.3 Å². The van der Waals surface area contributed by atoms with Gasteiger partial charge in [0.2, 0.25) is 0 Å². The van der Waals surface area contributed by atoms with Crippen LogP contribution in [0.15, 0.2) is 57.7 Å². The zero-order valence-electron chi connectivity index (χ0n) is 13.5. The Morgan fingerprint density at radius 1 is 1.00 bits per heavy atom. The summed E-state index contributed by atoms with van der Waals surface area (Å²) in [4.78, 5) is 24.0. The first kappa shape index (κ1) is 15.4. The molecule has 0 unspecified atom stereocenters. The molecule has 5 heteroatoms. The van der Waals surface area contributed by atoms with Gasteiger partial charge in [0.25, 0.3) is 0 Å². The van der Waals surface area contributed by atoms with E-state index in [0.717, 1.165) is 35.8 Å². The van der Waals surface area contributed by atoms with E-state index >= 15 is 0 Å². The fourth-order valence-corrected chi connectivity index (χ4v) is 3.15. The summed E-state index contributed by atoms with van der Waals surface area (Å²) >= 11 is 0. The van der Waals surface area contributed by atoms with Crippen LogP contribution in [0.4, 0.5) is 0 Å². The molecule has 1 aliphatic rings. The average Bonchev–Trinajstić information content (AvgIpc) is 3.11. The van der Waals surface area contributed by atoms with E-state index in [1.165, 1.54) is 0 Å². The molecule has 0 amide bonds. The molecule has 1 aliphatic carbocycles. The largest absolute Gasteiger partial charge is 0.482 e. The topological polar surface area (TPSA) is 65.7 Å². The lowest BCUT2D eigenvalue weighted by molar-refractivity contribution is -0.136. The fourth-order valence-electron chi connectivity index (χ4n) is 3.15. The van der Waals surface area contributed by atoms with Gasteiger partial charge in [0.05, 0.1) is 0 Å². The van der Waals surface area contributed by atoms with Crippen molar-refractivity contribution in [2.45, 2.75) is 19.3 Å². The van der Waals surface area contributed by atoms with E-state index < -0.39 is 5.97 Å². The second-order valence-electron chi connectivity index (χ2n) is 5.93. The van der Waals surface area contributed by atoms with Crippen molar-refractivity contribution < 1.29 is 18.7 Å². The molecule has 0 N–H and O–H groups in total. The first-order valence-electron chi connectivity index (χ1n) is 8.18. The van der Waals surface area contributed by atoms with Crippen LogP contribution in [0.25, 0.3) is 11.0 Å². The van der Waals surface area contributed by atoms with Gasteiger partial charge in [-0.15, -0.1) is 0 Å². The third-order valence-electron chi connectivity index (χ3n) is 4.28. The smallest absolute Gasteiger partial charge is 0.349 e. The molecule has 0 saturated carbocycles. The Hall–Kier alpha value is -3.08. The highest BCUT2D eigenvalue weighted by Crippen LogP contribution is 2.29. The summed E-state index contributed by atoms with van der Waals surface area (Å²) in [5, 5.41) is 0.910. The van der Waals surface area contributed by atoms with Gasteiger partial charge < -0.3 is 13.9 Å². The summed E-state index contributed by atoms with van der Waals surface area (Å²) in [5.41, 5.74) is 1.97. The second kappa shape index (κ2) is 6.43. The SMILES string of the molecule is O=C(COc1ccccc1)Oc1ccc2c3c(c(=O)oc2c1)CCC3. The van der Waals surface area contributed by atoms with Crippen molar-refractivity contribution in [1.29, 1.82) is 0 Å². The number of hydrogen-bond acceptors (Lipinski definition) is 5. The van der Waals surface area contributed by atoms with Crippen LogP contribution in [-0.4, -0.2) is 12.6 Å². The van der Waals surface area contributed by atoms with Crippen LogP contribution < -0.4 is 15.1 Å². The lowest BCUT2D eigenvalue weighted by Crippen LogP contribution is -2.17. The van der Waals surface area contributed by atoms with E-state index in [0.29, 0.717) is 17.1 Å². The molecule has 5 nitrogen and oxygen atoms in total. The van der Waals surface area contributed by atoms with E-state index in [4.69, 9.17) is 13.9 Å². The highest BCUT2D eigenvalue weighted by atomic mass is 16.6. The Balaban J connectivity index is 1.51. The van der Waals surface area contributed by atoms with E-state index in [9.17, 15) is 9.59 Å². The van der Waals surface area contributed by atoms with Crippen LogP contribution in [-0.2, 0) is 17.6 Å². The molecule has 0 saturated heterocycles. The van der Waals surface area contributed by atoms with Crippen LogP contribution >= 0.6 is 0 Å². The zero-order chi connectivity index (χ0) is 17.2. The van der Waals surface area contributed by atoms with Gasteiger partial charge in [0.15, 0.2) is 6.61 Å². The molecule has 1 aromatic heterocycles. The molecule has 4 rings (SSSR count). The number of hydrogen-bond donors (Lipinski definition) is 0. The molecular formula is C20H16O5. The average molecular weight is 336 g/mol. The summed E-state index contributed by atoms with van der Waals surface area (Å²) in [6, 6.07) is 14.2. The number of rotatable bonds is 4. The fraction of sp³-hybridized carbons (Fsp3) is 0.200. The molecule has 0 radical (unpaired) electrons. The highest BCUT2D eigenvalue weighted by molar-refractivity contribution is 5.84. The lowest BCUT2D eigenvalue weighted by atomic mass is 10.1. The molecule has 3 aromatic rings. The first-order valence-corrected chi connectivity index (χ1v) is 8.18. The quantitative estimate of drug-likeness (QED) is 0.416. The Labute approximate surface area is 143 Å². The zero-order valence-corrected chi connectivity index (χ0v) is 13.5. The summed E-state index contributed by atoms with van der Waals surface area (Å²) in [6.07, 6.45) is 2.61. The molecule has 1 heterocycles. The van der Waals surface area contributed by atoms with E-state index in [1.54, 1.807) is 24.3 Å². The Bertz CT molecular complexity index is 988. The summed E-state index contributed by atoms with van der Waals surface area (Å²) < 4.78 is 16.0. The molecule has 0 bridgehead atoms. The summed E-state index contributed by atoms with van der Waals surface area (Å²) in [7, 11) is 0. The number of esters is 1. The van der Waals surface area contributed by atoms with Crippen LogP contribution in [0, 0.1) is 0 Å². The molecular weight excluding hydrogens is 320 g/mol. The summed E-state index contributed by atoms with van der Waals surface area (Å²) in [6.45, 7) is -0.198. The van der Waals surface area contributed by atoms with Gasteiger partial charge in [-0.05, 0) is 49.1 Å². The van der Waals surface area contributed by atoms with Crippen LogP contribution in [0.1, 0.15) is 17.5 Å². The predicted molar refractivity (Wildman–Crippen MR) is 92.1 cm³/mol. The maximum Gasteiger partial charge on any atom is 0.349 e. The van der Waals surface area contributed by atoms with Crippen molar-refractivity contribution in [1.82, 2.24) is 0 Å². The number of para-hydroxylation sites is 1. The third kappa shape index (κ3) is 3.13. The Kier molecular flexibility index (Phi) is 3.98. The predicted octanol–water partition coefficient (Wildman–Crippen LogP) is 3.27. The minimum absolute atomic E-state index is 0.198. The van der Waals surface area contributed by atoms with E-state index in [2.05, 4.69) is 0 Å². The van der Waals surface area contributed by atoms with Gasteiger partial charge in [-0.25, -0.2) is 9.59 Å². The first-order chi connectivity index (χ1) is 12.2. The van der Waals surface area contributed by atoms with Gasteiger partial charge in [-0.2, -0.15) is 0 Å². The van der Waals surface area contributed by atoms with Crippen molar-refractivity contribution in [3.05, 3.63) is 70.1 Å². The highest BCUT2D eigenvalue weighted by Gasteiger charge is 2.20. The normalized spacial score (nSPS) is 12.8. The van der Waals surface area contributed by atoms with E-state index in [-0.39, 0.29) is 12.2 Å². The minimum Gasteiger partial charge on any atom is -0.482 e. The maximum absolute atomic E-state index is 12.0. The number of ether oxygens (including phenoxy) is 2. The number of benzene rings is 2. The van der Waals surface area contributed by atoms with Crippen LogP contribution in [0.5, 0.6) is 11.5 Å². The van der Waals surface area contributed by atoms with Gasteiger partial charge in [-0.1, -0.05) is 18.2 Å². The van der Waals surface area contributed by atoms with Gasteiger partial charge in [-0.3, -0.25) is 0 Å². The number of carbonyl (C=O) groups excluding carboxylic acids is 1. The molecule has 0 aliphatic heterocycles. The third-order valence-corrected chi connectivity index (χ3v) is 4.28. The Morgan fingerprint density at radius 2 is 1.80 bits per heavy atom. The van der Waals surface area contributed by atoms with Crippen molar-refractivity contribution in [2.75, 3.05) is 6.61 Å². The van der Waals surface area contributed by atoms with Crippen molar-refractivity contribution in [3.63, 3.8) is 0 Å². The Morgan fingerprint density at radius 3 is 2.64 bits per heavy atom. The van der Waals surface area contributed by atoms with Crippen LogP contribution in [0.2, 0.25) is 0 Å². The van der Waals surface area contributed by atoms with Crippen LogP contribution in [0.3, 0.4) is 0 Å². The van der Waals surface area contributed by atoms with Gasteiger partial charge >= 0.3 is 11.6 Å². The number of fused-ring (bicyclic) bond motifs is 3.